The van der Waals surface area contributed by atoms with Gasteiger partial charge in [0.1, 0.15) is 0 Å². The van der Waals surface area contributed by atoms with Crippen molar-refractivity contribution in [2.24, 2.45) is 7.05 Å². The van der Waals surface area contributed by atoms with E-state index in [0.29, 0.717) is 11.8 Å². The topological polar surface area (TPSA) is 80.9 Å². The largest absolute Gasteiger partial charge is 0.478 e. The van der Waals surface area contributed by atoms with Crippen LogP contribution in [0.2, 0.25) is 0 Å². The van der Waals surface area contributed by atoms with E-state index in [2.05, 4.69) is 15.5 Å². The normalized spacial score (nSPS) is 12.8. The van der Waals surface area contributed by atoms with Crippen LogP contribution < -0.4 is 0 Å². The number of aryl methyl sites for hydroxylation is 1. The van der Waals surface area contributed by atoms with Crippen molar-refractivity contribution >= 4 is 17.7 Å². The molecule has 8 heteroatoms. The number of halogens is 1. The minimum absolute atomic E-state index is 0.130. The highest BCUT2D eigenvalue weighted by molar-refractivity contribution is 8.00. The number of nitrogens with zero attached hydrogens (tertiary/aromatic N) is 4. The van der Waals surface area contributed by atoms with Crippen LogP contribution in [0.5, 0.6) is 0 Å². The number of tetrazole rings is 1. The maximum atomic E-state index is 12.5. The molecular weight excluding hydrogens is 187 g/mol. The zero-order valence-electron chi connectivity index (χ0n) is 6.01. The molecule has 0 radical (unpaired) electrons. The summed E-state index contributed by atoms with van der Waals surface area (Å²) in [5, 5.41) is 18.3. The van der Waals surface area contributed by atoms with Crippen molar-refractivity contribution in [3.63, 3.8) is 0 Å². The Bertz CT molecular complexity index is 290. The van der Waals surface area contributed by atoms with Gasteiger partial charge in [-0.15, -0.1) is 5.10 Å². The van der Waals surface area contributed by atoms with Crippen molar-refractivity contribution in [1.29, 1.82) is 0 Å². The molecule has 0 saturated carbocycles. The van der Waals surface area contributed by atoms with Gasteiger partial charge in [-0.25, -0.2) is 13.9 Å². The Morgan fingerprint density at radius 2 is 2.50 bits per heavy atom. The number of aromatic nitrogens is 4. The predicted octanol–water partition coefficient (Wildman–Crippen LogP) is -0.318. The first-order chi connectivity index (χ1) is 5.61. The molecule has 1 unspecified atom stereocenters. The summed E-state index contributed by atoms with van der Waals surface area (Å²) in [6, 6.07) is 0. The third-order valence-corrected chi connectivity index (χ3v) is 1.95. The minimum atomic E-state index is -2.03. The van der Waals surface area contributed by atoms with Gasteiger partial charge >= 0.3 is 5.97 Å². The highest BCUT2D eigenvalue weighted by Crippen LogP contribution is 2.20. The summed E-state index contributed by atoms with van der Waals surface area (Å²) in [5.41, 5.74) is -2.03. The molecule has 66 valence electrons. The number of aliphatic carboxylic acids is 1. The van der Waals surface area contributed by atoms with E-state index in [1.807, 2.05) is 0 Å². The van der Waals surface area contributed by atoms with Gasteiger partial charge in [-0.2, -0.15) is 0 Å². The molecule has 0 aliphatic carbocycles. The van der Waals surface area contributed by atoms with Gasteiger partial charge in [0.2, 0.25) is 10.7 Å². The van der Waals surface area contributed by atoms with Gasteiger partial charge in [0, 0.05) is 7.05 Å². The van der Waals surface area contributed by atoms with Crippen molar-refractivity contribution in [2.75, 3.05) is 0 Å². The number of carbonyl (C=O) groups is 1. The average molecular weight is 192 g/mol. The molecule has 12 heavy (non-hydrogen) atoms. The van der Waals surface area contributed by atoms with Crippen molar-refractivity contribution < 1.29 is 14.3 Å². The van der Waals surface area contributed by atoms with Crippen LogP contribution >= 0.6 is 11.8 Å². The Kier molecular flexibility index (Phi) is 2.58. The minimum Gasteiger partial charge on any atom is -0.478 e. The molecule has 6 nitrogen and oxygen atoms in total. The molecule has 1 N–H and O–H groups in total. The summed E-state index contributed by atoms with van der Waals surface area (Å²) >= 11 is 0.446. The maximum absolute atomic E-state index is 12.5. The monoisotopic (exact) mass is 192 g/mol. The van der Waals surface area contributed by atoms with Crippen LogP contribution in [0.25, 0.3) is 0 Å². The third kappa shape index (κ3) is 1.91. The average Bonchev–Trinajstić information content (AvgIpc) is 2.36. The van der Waals surface area contributed by atoms with Gasteiger partial charge in [0.15, 0.2) is 0 Å². The molecule has 0 aliphatic rings. The Hall–Kier alpha value is -1.18. The number of carboxylic acid groups (broad SMARTS) is 1. The van der Waals surface area contributed by atoms with Crippen molar-refractivity contribution in [3.8, 4) is 0 Å². The number of rotatable bonds is 3. The summed E-state index contributed by atoms with van der Waals surface area (Å²) in [5.74, 6) is -1.54. The quantitative estimate of drug-likeness (QED) is 0.661. The molecule has 1 aromatic heterocycles. The Morgan fingerprint density at radius 1 is 1.83 bits per heavy atom. The van der Waals surface area contributed by atoms with Crippen molar-refractivity contribution in [3.05, 3.63) is 0 Å². The third-order valence-electron chi connectivity index (χ3n) is 0.984. The zero-order chi connectivity index (χ0) is 9.14. The van der Waals surface area contributed by atoms with Crippen LogP contribution in [0.1, 0.15) is 0 Å². The van der Waals surface area contributed by atoms with E-state index in [1.54, 1.807) is 0 Å². The van der Waals surface area contributed by atoms with Crippen LogP contribution in [0.15, 0.2) is 5.16 Å². The number of hydrogen-bond acceptors (Lipinski definition) is 5. The van der Waals surface area contributed by atoms with E-state index >= 15 is 0 Å². The summed E-state index contributed by atoms with van der Waals surface area (Å²) < 4.78 is 13.7. The van der Waals surface area contributed by atoms with Gasteiger partial charge < -0.3 is 5.11 Å². The van der Waals surface area contributed by atoms with Gasteiger partial charge in [0.25, 0.3) is 0 Å². The lowest BCUT2D eigenvalue weighted by Crippen LogP contribution is -2.10. The van der Waals surface area contributed by atoms with Crippen LogP contribution in [-0.4, -0.2) is 36.8 Å². The van der Waals surface area contributed by atoms with Crippen LogP contribution in [0.3, 0.4) is 0 Å². The summed E-state index contributed by atoms with van der Waals surface area (Å²) in [6.45, 7) is 0. The molecule has 0 aliphatic heterocycles. The summed E-state index contributed by atoms with van der Waals surface area (Å²) in [6.07, 6.45) is 0. The van der Waals surface area contributed by atoms with Crippen LogP contribution in [0, 0.1) is 0 Å². The lowest BCUT2D eigenvalue weighted by molar-refractivity contribution is -0.139. The fraction of sp³-hybridized carbons (Fsp3) is 0.500. The fourth-order valence-corrected chi connectivity index (χ4v) is 1.02. The molecule has 0 spiro atoms. The number of thioether (sulfide) groups is 1. The lowest BCUT2D eigenvalue weighted by atomic mass is 10.8. The molecule has 0 fully saturated rings. The van der Waals surface area contributed by atoms with Crippen molar-refractivity contribution in [1.82, 2.24) is 20.2 Å². The Morgan fingerprint density at radius 3 is 2.92 bits per heavy atom. The second-order valence-corrected chi connectivity index (χ2v) is 2.87. The lowest BCUT2D eigenvalue weighted by Gasteiger charge is -1.98. The molecule has 0 saturated heterocycles. The van der Waals surface area contributed by atoms with Crippen LogP contribution in [0.4, 0.5) is 4.39 Å². The molecular formula is C4H5FN4O2S. The van der Waals surface area contributed by atoms with Gasteiger partial charge in [-0.05, 0) is 22.2 Å². The van der Waals surface area contributed by atoms with E-state index in [-0.39, 0.29) is 5.16 Å². The van der Waals surface area contributed by atoms with E-state index < -0.39 is 11.5 Å². The second kappa shape index (κ2) is 3.48. The molecule has 1 rings (SSSR count). The molecule has 0 bridgehead atoms. The molecule has 1 atom stereocenters. The maximum Gasteiger partial charge on any atom is 0.349 e. The predicted molar refractivity (Wildman–Crippen MR) is 37.2 cm³/mol. The summed E-state index contributed by atoms with van der Waals surface area (Å²) in [7, 11) is 1.50. The second-order valence-electron chi connectivity index (χ2n) is 1.86. The first-order valence-electron chi connectivity index (χ1n) is 2.87. The van der Waals surface area contributed by atoms with E-state index in [4.69, 9.17) is 5.11 Å². The summed E-state index contributed by atoms with van der Waals surface area (Å²) in [4.78, 5) is 10.1. The van der Waals surface area contributed by atoms with Gasteiger partial charge in [-0.3, -0.25) is 0 Å². The number of hydrogen-bond donors (Lipinski definition) is 1. The molecule has 1 aromatic rings. The highest BCUT2D eigenvalue weighted by atomic mass is 32.2. The fourth-order valence-electron chi connectivity index (χ4n) is 0.464. The Labute approximate surface area is 70.8 Å². The van der Waals surface area contributed by atoms with Gasteiger partial charge in [0.05, 0.1) is 0 Å². The van der Waals surface area contributed by atoms with E-state index in [1.165, 1.54) is 11.7 Å². The SMILES string of the molecule is Cn1nnnc1SC(F)C(=O)O. The Balaban J connectivity index is 2.64. The van der Waals surface area contributed by atoms with Gasteiger partial charge in [-0.1, -0.05) is 0 Å². The molecule has 1 heterocycles. The smallest absolute Gasteiger partial charge is 0.349 e. The standard InChI is InChI=1S/C4H5FN4O2S/c1-9-4(6-7-8-9)12-2(5)3(10)11/h2H,1H3,(H,10,11). The zero-order valence-corrected chi connectivity index (χ0v) is 6.82. The highest BCUT2D eigenvalue weighted by Gasteiger charge is 2.20. The number of alkyl halides is 1. The molecule has 0 aromatic carbocycles. The molecule has 0 amide bonds. The van der Waals surface area contributed by atoms with Crippen LogP contribution in [-0.2, 0) is 11.8 Å². The first-order valence-corrected chi connectivity index (χ1v) is 3.75. The number of carboxylic acids is 1. The van der Waals surface area contributed by atoms with Crippen molar-refractivity contribution in [2.45, 2.75) is 10.7 Å². The van der Waals surface area contributed by atoms with E-state index in [0.717, 1.165) is 0 Å². The first kappa shape index (κ1) is 8.91. The van der Waals surface area contributed by atoms with E-state index in [9.17, 15) is 9.18 Å².